The highest BCUT2D eigenvalue weighted by Crippen LogP contribution is 2.20. The largest absolute Gasteiger partial charge is 0.472 e. The molecule has 2 atom stereocenters. The lowest BCUT2D eigenvalue weighted by Crippen LogP contribution is -2.42. The molecular formula is C14H23NO2. The Kier molecular flexibility index (Phi) is 5.08. The number of hydrogen-bond donors (Lipinski definition) is 1. The van der Waals surface area contributed by atoms with Gasteiger partial charge in [0, 0.05) is 12.6 Å². The fraction of sp³-hybridized carbons (Fsp3) is 0.714. The Hall–Kier alpha value is -0.800. The molecule has 17 heavy (non-hydrogen) atoms. The minimum Gasteiger partial charge on any atom is -0.472 e. The van der Waals surface area contributed by atoms with Crippen LogP contribution in [-0.4, -0.2) is 25.8 Å². The smallest absolute Gasteiger partial charge is 0.0935 e. The first-order valence-corrected chi connectivity index (χ1v) is 6.72. The van der Waals surface area contributed by atoms with Crippen molar-refractivity contribution >= 4 is 0 Å². The SMILES string of the molecule is CCCNC(Cc1ccoc1)C1CCCOC1. The molecule has 2 heterocycles. The number of hydrogen-bond acceptors (Lipinski definition) is 3. The molecule has 1 aromatic rings. The lowest BCUT2D eigenvalue weighted by molar-refractivity contribution is 0.0393. The monoisotopic (exact) mass is 237 g/mol. The lowest BCUT2D eigenvalue weighted by atomic mass is 9.90. The molecule has 2 rings (SSSR count). The molecule has 0 amide bonds. The fourth-order valence-electron chi connectivity index (χ4n) is 2.48. The van der Waals surface area contributed by atoms with Crippen LogP contribution >= 0.6 is 0 Å². The van der Waals surface area contributed by atoms with Gasteiger partial charge in [-0.15, -0.1) is 0 Å². The Labute approximate surface area is 104 Å². The topological polar surface area (TPSA) is 34.4 Å². The van der Waals surface area contributed by atoms with E-state index in [1.807, 2.05) is 6.26 Å². The first-order valence-electron chi connectivity index (χ1n) is 6.72. The number of furan rings is 1. The normalized spacial score (nSPS) is 22.5. The minimum atomic E-state index is 0.521. The van der Waals surface area contributed by atoms with E-state index < -0.39 is 0 Å². The van der Waals surface area contributed by atoms with E-state index in [1.54, 1.807) is 6.26 Å². The van der Waals surface area contributed by atoms with Crippen molar-refractivity contribution in [2.45, 2.75) is 38.6 Å². The molecule has 1 aliphatic rings. The second-order valence-corrected chi connectivity index (χ2v) is 4.87. The highest BCUT2D eigenvalue weighted by Gasteiger charge is 2.24. The summed E-state index contributed by atoms with van der Waals surface area (Å²) in [5, 5.41) is 3.66. The second-order valence-electron chi connectivity index (χ2n) is 4.87. The van der Waals surface area contributed by atoms with E-state index in [1.165, 1.54) is 24.8 Å². The number of rotatable bonds is 6. The molecule has 1 saturated heterocycles. The quantitative estimate of drug-likeness (QED) is 0.826. The summed E-state index contributed by atoms with van der Waals surface area (Å²) in [5.74, 6) is 0.644. The third-order valence-electron chi connectivity index (χ3n) is 3.46. The van der Waals surface area contributed by atoms with E-state index in [0.29, 0.717) is 12.0 Å². The predicted molar refractivity (Wildman–Crippen MR) is 68.0 cm³/mol. The van der Waals surface area contributed by atoms with Crippen molar-refractivity contribution in [3.05, 3.63) is 24.2 Å². The summed E-state index contributed by atoms with van der Waals surface area (Å²) in [7, 11) is 0. The highest BCUT2D eigenvalue weighted by molar-refractivity contribution is 5.08. The van der Waals surface area contributed by atoms with Crippen molar-refractivity contribution in [2.75, 3.05) is 19.8 Å². The summed E-state index contributed by atoms with van der Waals surface area (Å²) in [5.41, 5.74) is 1.28. The van der Waals surface area contributed by atoms with E-state index in [-0.39, 0.29) is 0 Å². The van der Waals surface area contributed by atoms with Crippen molar-refractivity contribution in [2.24, 2.45) is 5.92 Å². The van der Waals surface area contributed by atoms with Crippen LogP contribution in [0.2, 0.25) is 0 Å². The summed E-state index contributed by atoms with van der Waals surface area (Å²) in [4.78, 5) is 0. The van der Waals surface area contributed by atoms with E-state index >= 15 is 0 Å². The third-order valence-corrected chi connectivity index (χ3v) is 3.46. The molecule has 0 bridgehead atoms. The van der Waals surface area contributed by atoms with Gasteiger partial charge in [-0.05, 0) is 49.8 Å². The van der Waals surface area contributed by atoms with Crippen molar-refractivity contribution in [1.29, 1.82) is 0 Å². The first-order chi connectivity index (χ1) is 8.40. The van der Waals surface area contributed by atoms with Gasteiger partial charge in [-0.3, -0.25) is 0 Å². The Morgan fingerprint density at radius 2 is 2.47 bits per heavy atom. The molecule has 96 valence electrons. The zero-order valence-electron chi connectivity index (χ0n) is 10.7. The summed E-state index contributed by atoms with van der Waals surface area (Å²) in [6, 6.07) is 2.58. The summed E-state index contributed by atoms with van der Waals surface area (Å²) in [6.07, 6.45) is 8.30. The third kappa shape index (κ3) is 3.86. The van der Waals surface area contributed by atoms with Gasteiger partial charge in [0.15, 0.2) is 0 Å². The van der Waals surface area contributed by atoms with Gasteiger partial charge < -0.3 is 14.5 Å². The molecule has 1 fully saturated rings. The van der Waals surface area contributed by atoms with Crippen molar-refractivity contribution in [3.8, 4) is 0 Å². The molecule has 0 saturated carbocycles. The Morgan fingerprint density at radius 3 is 3.12 bits per heavy atom. The average molecular weight is 237 g/mol. The van der Waals surface area contributed by atoms with Gasteiger partial charge in [-0.1, -0.05) is 6.92 Å². The van der Waals surface area contributed by atoms with E-state index in [4.69, 9.17) is 9.15 Å². The molecule has 1 aliphatic heterocycles. The Balaban J connectivity index is 1.91. The Morgan fingerprint density at radius 1 is 1.53 bits per heavy atom. The molecule has 2 unspecified atom stereocenters. The summed E-state index contributed by atoms with van der Waals surface area (Å²) >= 11 is 0. The molecule has 1 aromatic heterocycles. The van der Waals surface area contributed by atoms with Crippen LogP contribution in [-0.2, 0) is 11.2 Å². The van der Waals surface area contributed by atoms with Crippen molar-refractivity contribution < 1.29 is 9.15 Å². The lowest BCUT2D eigenvalue weighted by Gasteiger charge is -2.30. The number of nitrogens with one attached hydrogen (secondary N) is 1. The van der Waals surface area contributed by atoms with Crippen LogP contribution in [0.3, 0.4) is 0 Å². The van der Waals surface area contributed by atoms with Gasteiger partial charge in [-0.25, -0.2) is 0 Å². The predicted octanol–water partition coefficient (Wildman–Crippen LogP) is 2.62. The van der Waals surface area contributed by atoms with Crippen LogP contribution in [0.4, 0.5) is 0 Å². The van der Waals surface area contributed by atoms with Crippen LogP contribution in [0.1, 0.15) is 31.7 Å². The van der Waals surface area contributed by atoms with Crippen LogP contribution in [0.15, 0.2) is 23.0 Å². The molecule has 0 spiro atoms. The summed E-state index contributed by atoms with van der Waals surface area (Å²) < 4.78 is 10.7. The summed E-state index contributed by atoms with van der Waals surface area (Å²) in [6.45, 7) is 5.13. The van der Waals surface area contributed by atoms with Gasteiger partial charge in [0.05, 0.1) is 19.1 Å². The van der Waals surface area contributed by atoms with Gasteiger partial charge in [0.1, 0.15) is 0 Å². The van der Waals surface area contributed by atoms with E-state index in [0.717, 1.165) is 26.2 Å². The van der Waals surface area contributed by atoms with Crippen LogP contribution in [0.25, 0.3) is 0 Å². The molecule has 0 aromatic carbocycles. The molecule has 0 radical (unpaired) electrons. The zero-order valence-corrected chi connectivity index (χ0v) is 10.7. The zero-order chi connectivity index (χ0) is 11.9. The van der Waals surface area contributed by atoms with Crippen molar-refractivity contribution in [1.82, 2.24) is 5.32 Å². The van der Waals surface area contributed by atoms with E-state index in [2.05, 4.69) is 18.3 Å². The fourth-order valence-corrected chi connectivity index (χ4v) is 2.48. The maximum absolute atomic E-state index is 5.60. The second kappa shape index (κ2) is 6.82. The average Bonchev–Trinajstić information content (AvgIpc) is 2.88. The minimum absolute atomic E-state index is 0.521. The standard InChI is InChI=1S/C14H23NO2/c1-2-6-15-14(9-12-5-8-17-10-12)13-4-3-7-16-11-13/h5,8,10,13-15H,2-4,6-7,9,11H2,1H3. The van der Waals surface area contributed by atoms with Crippen LogP contribution in [0, 0.1) is 5.92 Å². The maximum atomic E-state index is 5.60. The molecule has 0 aliphatic carbocycles. The molecule has 1 N–H and O–H groups in total. The van der Waals surface area contributed by atoms with Crippen LogP contribution in [0.5, 0.6) is 0 Å². The Bertz CT molecular complexity index is 291. The first kappa shape index (κ1) is 12.7. The maximum Gasteiger partial charge on any atom is 0.0935 e. The van der Waals surface area contributed by atoms with Gasteiger partial charge >= 0.3 is 0 Å². The van der Waals surface area contributed by atoms with Gasteiger partial charge in [0.25, 0.3) is 0 Å². The number of ether oxygens (including phenoxy) is 1. The highest BCUT2D eigenvalue weighted by atomic mass is 16.5. The van der Waals surface area contributed by atoms with Crippen molar-refractivity contribution in [3.63, 3.8) is 0 Å². The van der Waals surface area contributed by atoms with Gasteiger partial charge in [-0.2, -0.15) is 0 Å². The molecule has 3 heteroatoms. The molecular weight excluding hydrogens is 214 g/mol. The van der Waals surface area contributed by atoms with Gasteiger partial charge in [0.2, 0.25) is 0 Å². The van der Waals surface area contributed by atoms with Crippen LogP contribution < -0.4 is 5.32 Å². The molecule has 3 nitrogen and oxygen atoms in total. The van der Waals surface area contributed by atoms with E-state index in [9.17, 15) is 0 Å².